The number of hydrogen-bond acceptors (Lipinski definition) is 5. The van der Waals surface area contributed by atoms with Crippen LogP contribution < -0.4 is 10.6 Å². The molecule has 2 amide bonds. The maximum absolute atomic E-state index is 11.5. The zero-order valence-corrected chi connectivity index (χ0v) is 11.4. The summed E-state index contributed by atoms with van der Waals surface area (Å²) >= 11 is 0. The van der Waals surface area contributed by atoms with Crippen LogP contribution >= 0.6 is 0 Å². The highest BCUT2D eigenvalue weighted by Gasteiger charge is 2.30. The van der Waals surface area contributed by atoms with E-state index in [2.05, 4.69) is 10.6 Å². The number of sulfone groups is 1. The van der Waals surface area contributed by atoms with Gasteiger partial charge >= 0.3 is 12.0 Å². The van der Waals surface area contributed by atoms with E-state index >= 15 is 0 Å². The molecule has 1 heterocycles. The lowest BCUT2D eigenvalue weighted by Gasteiger charge is -2.22. The first-order chi connectivity index (χ1) is 8.60. The number of amides is 2. The molecule has 0 saturated carbocycles. The molecule has 2 atom stereocenters. The number of carbonyl (C=O) groups is 2. The van der Waals surface area contributed by atoms with Crippen molar-refractivity contribution in [1.29, 1.82) is 0 Å². The summed E-state index contributed by atoms with van der Waals surface area (Å²) in [4.78, 5) is 21.9. The summed E-state index contributed by atoms with van der Waals surface area (Å²) in [6.45, 7) is 1.06. The van der Waals surface area contributed by atoms with Gasteiger partial charge in [0.25, 0.3) is 0 Å². The van der Waals surface area contributed by atoms with Crippen LogP contribution in [-0.2, 0) is 14.6 Å². The SMILES string of the molecule is CC(O)(CNC(=O)NC1CCS(=O)(=O)C1)CC(=O)O. The van der Waals surface area contributed by atoms with Gasteiger partial charge in [0, 0.05) is 12.6 Å². The molecule has 0 aromatic rings. The number of rotatable bonds is 5. The lowest BCUT2D eigenvalue weighted by molar-refractivity contribution is -0.141. The minimum atomic E-state index is -3.07. The second-order valence-electron chi connectivity index (χ2n) is 4.99. The average Bonchev–Trinajstić information content (AvgIpc) is 2.53. The van der Waals surface area contributed by atoms with Gasteiger partial charge in [0.15, 0.2) is 9.84 Å². The molecule has 1 fully saturated rings. The highest BCUT2D eigenvalue weighted by Crippen LogP contribution is 2.11. The molecule has 0 aliphatic carbocycles. The molecule has 0 aromatic heterocycles. The number of hydrogen-bond donors (Lipinski definition) is 4. The zero-order chi connectivity index (χ0) is 14.7. The first-order valence-corrected chi connectivity index (χ1v) is 7.61. The second-order valence-corrected chi connectivity index (χ2v) is 7.22. The Bertz CT molecular complexity index is 459. The molecule has 1 saturated heterocycles. The number of aliphatic hydroxyl groups is 1. The van der Waals surface area contributed by atoms with E-state index in [1.54, 1.807) is 0 Å². The van der Waals surface area contributed by atoms with Gasteiger partial charge in [-0.25, -0.2) is 13.2 Å². The molecule has 4 N–H and O–H groups in total. The van der Waals surface area contributed by atoms with E-state index in [0.717, 1.165) is 0 Å². The molecule has 0 bridgehead atoms. The molecule has 0 spiro atoms. The Hall–Kier alpha value is -1.35. The molecule has 9 heteroatoms. The highest BCUT2D eigenvalue weighted by atomic mass is 32.2. The second kappa shape index (κ2) is 5.74. The summed E-state index contributed by atoms with van der Waals surface area (Å²) in [5.41, 5.74) is -1.55. The van der Waals surface area contributed by atoms with Gasteiger partial charge in [0.2, 0.25) is 0 Å². The summed E-state index contributed by atoms with van der Waals surface area (Å²) in [6.07, 6.45) is -0.133. The summed E-state index contributed by atoms with van der Waals surface area (Å²) < 4.78 is 22.4. The van der Waals surface area contributed by atoms with Crippen LogP contribution in [0.25, 0.3) is 0 Å². The average molecular weight is 294 g/mol. The molecule has 1 rings (SSSR count). The van der Waals surface area contributed by atoms with E-state index < -0.39 is 39.9 Å². The van der Waals surface area contributed by atoms with Gasteiger partial charge in [0.05, 0.1) is 23.5 Å². The molecule has 2 unspecified atom stereocenters. The first kappa shape index (κ1) is 15.7. The molecule has 19 heavy (non-hydrogen) atoms. The van der Waals surface area contributed by atoms with Gasteiger partial charge in [-0.15, -0.1) is 0 Å². The molecule has 0 radical (unpaired) electrons. The lowest BCUT2D eigenvalue weighted by Crippen LogP contribution is -2.48. The van der Waals surface area contributed by atoms with Crippen molar-refractivity contribution in [3.63, 3.8) is 0 Å². The third kappa shape index (κ3) is 5.88. The van der Waals surface area contributed by atoms with E-state index in [1.807, 2.05) is 0 Å². The summed E-state index contributed by atoms with van der Waals surface area (Å²) in [5, 5.41) is 23.0. The van der Waals surface area contributed by atoms with E-state index in [0.29, 0.717) is 6.42 Å². The fourth-order valence-electron chi connectivity index (χ4n) is 1.80. The predicted molar refractivity (Wildman–Crippen MR) is 66.5 cm³/mol. The third-order valence-corrected chi connectivity index (χ3v) is 4.50. The highest BCUT2D eigenvalue weighted by molar-refractivity contribution is 7.91. The van der Waals surface area contributed by atoms with E-state index in [9.17, 15) is 23.1 Å². The maximum Gasteiger partial charge on any atom is 0.315 e. The Morgan fingerprint density at radius 3 is 2.53 bits per heavy atom. The molecule has 110 valence electrons. The maximum atomic E-state index is 11.5. The van der Waals surface area contributed by atoms with E-state index in [4.69, 9.17) is 5.11 Å². The number of aliphatic carboxylic acids is 1. The minimum Gasteiger partial charge on any atom is -0.481 e. The molecule has 1 aliphatic rings. The Labute approximate surface area is 111 Å². The Kier molecular flexibility index (Phi) is 4.75. The Balaban J connectivity index is 2.34. The smallest absolute Gasteiger partial charge is 0.315 e. The fraction of sp³-hybridized carbons (Fsp3) is 0.800. The molecular weight excluding hydrogens is 276 g/mol. The van der Waals surface area contributed by atoms with Gasteiger partial charge < -0.3 is 20.8 Å². The lowest BCUT2D eigenvalue weighted by atomic mass is 10.0. The number of urea groups is 1. The monoisotopic (exact) mass is 294 g/mol. The Morgan fingerprint density at radius 1 is 1.42 bits per heavy atom. The van der Waals surface area contributed by atoms with Crippen LogP contribution in [0, 0.1) is 0 Å². The summed E-state index contributed by atoms with van der Waals surface area (Å²) in [7, 11) is -3.07. The first-order valence-electron chi connectivity index (χ1n) is 5.79. The predicted octanol–water partition coefficient (Wildman–Crippen LogP) is -1.30. The molecular formula is C10H18N2O6S. The van der Waals surface area contributed by atoms with Crippen LogP contribution in [0.4, 0.5) is 4.79 Å². The molecule has 1 aliphatic heterocycles. The topological polar surface area (TPSA) is 133 Å². The summed E-state index contributed by atoms with van der Waals surface area (Å²) in [6, 6.07) is -1.05. The fourth-order valence-corrected chi connectivity index (χ4v) is 3.48. The van der Waals surface area contributed by atoms with Gasteiger partial charge in [0.1, 0.15) is 0 Å². The van der Waals surface area contributed by atoms with Crippen LogP contribution in [-0.4, -0.2) is 60.3 Å². The Morgan fingerprint density at radius 2 is 2.05 bits per heavy atom. The zero-order valence-electron chi connectivity index (χ0n) is 10.5. The molecule has 0 aromatic carbocycles. The third-order valence-electron chi connectivity index (χ3n) is 2.73. The standard InChI is InChI=1S/C10H18N2O6S/c1-10(16,4-8(13)14)6-11-9(15)12-7-2-3-19(17,18)5-7/h7,16H,2-6H2,1H3,(H,13,14)(H2,11,12,15). The number of nitrogens with one attached hydrogen (secondary N) is 2. The van der Waals surface area contributed by atoms with Gasteiger partial charge in [-0.3, -0.25) is 4.79 Å². The van der Waals surface area contributed by atoms with Crippen LogP contribution in [0.2, 0.25) is 0 Å². The van der Waals surface area contributed by atoms with Crippen molar-refractivity contribution in [2.75, 3.05) is 18.1 Å². The number of carbonyl (C=O) groups excluding carboxylic acids is 1. The van der Waals surface area contributed by atoms with Crippen LogP contribution in [0.1, 0.15) is 19.8 Å². The van der Waals surface area contributed by atoms with Crippen molar-refractivity contribution >= 4 is 21.8 Å². The van der Waals surface area contributed by atoms with Crippen molar-refractivity contribution in [2.45, 2.75) is 31.4 Å². The normalized spacial score (nSPS) is 24.4. The van der Waals surface area contributed by atoms with E-state index in [-0.39, 0.29) is 18.1 Å². The van der Waals surface area contributed by atoms with Gasteiger partial charge in [-0.05, 0) is 13.3 Å². The summed E-state index contributed by atoms with van der Waals surface area (Å²) in [5.74, 6) is -1.21. The largest absolute Gasteiger partial charge is 0.481 e. The minimum absolute atomic E-state index is 0.0503. The molecule has 8 nitrogen and oxygen atoms in total. The van der Waals surface area contributed by atoms with Crippen molar-refractivity contribution in [1.82, 2.24) is 10.6 Å². The number of carboxylic acid groups (broad SMARTS) is 1. The van der Waals surface area contributed by atoms with Crippen LogP contribution in [0.15, 0.2) is 0 Å². The number of carboxylic acids is 1. The van der Waals surface area contributed by atoms with Crippen LogP contribution in [0.5, 0.6) is 0 Å². The van der Waals surface area contributed by atoms with Crippen molar-refractivity contribution in [3.8, 4) is 0 Å². The van der Waals surface area contributed by atoms with Crippen LogP contribution in [0.3, 0.4) is 0 Å². The van der Waals surface area contributed by atoms with E-state index in [1.165, 1.54) is 6.92 Å². The van der Waals surface area contributed by atoms with Crippen molar-refractivity contribution < 1.29 is 28.2 Å². The van der Waals surface area contributed by atoms with Gasteiger partial charge in [-0.2, -0.15) is 0 Å². The van der Waals surface area contributed by atoms with Crippen molar-refractivity contribution in [2.24, 2.45) is 0 Å². The van der Waals surface area contributed by atoms with Gasteiger partial charge in [-0.1, -0.05) is 0 Å². The quantitative estimate of drug-likeness (QED) is 0.498. The van der Waals surface area contributed by atoms with Crippen molar-refractivity contribution in [3.05, 3.63) is 0 Å².